The lowest BCUT2D eigenvalue weighted by molar-refractivity contribution is 0.0684. The summed E-state index contributed by atoms with van der Waals surface area (Å²) >= 11 is 0. The topological polar surface area (TPSA) is 121 Å². The van der Waals surface area contributed by atoms with Crippen molar-refractivity contribution in [2.24, 2.45) is 0 Å². The third-order valence-corrected chi connectivity index (χ3v) is 5.30. The molecule has 0 unspecified atom stereocenters. The lowest BCUT2D eigenvalue weighted by Gasteiger charge is -2.21. The summed E-state index contributed by atoms with van der Waals surface area (Å²) in [5.74, 6) is -2.61. The highest BCUT2D eigenvalue weighted by Crippen LogP contribution is 2.28. The maximum Gasteiger partial charge on any atom is 0.339 e. The fourth-order valence-electron chi connectivity index (χ4n) is 2.23. The average molecular weight is 365 g/mol. The molecule has 0 atom stereocenters. The standard InChI is InChI=1S/C16H15NO7S/c1-17(13-6-4-3-5-11(13)15(18)19)25(22,23)10-7-8-14(24-2)12(9-10)16(20)21/h3-9H,1-2H3,(H,18,19)(H,20,21). The van der Waals surface area contributed by atoms with Crippen LogP contribution in [0.1, 0.15) is 20.7 Å². The number of nitrogens with zero attached hydrogens (tertiary/aromatic N) is 1. The van der Waals surface area contributed by atoms with Gasteiger partial charge in [0.2, 0.25) is 0 Å². The highest BCUT2D eigenvalue weighted by molar-refractivity contribution is 7.92. The first-order valence-electron chi connectivity index (χ1n) is 6.92. The molecule has 0 aliphatic carbocycles. The zero-order chi connectivity index (χ0) is 18.8. The largest absolute Gasteiger partial charge is 0.496 e. The van der Waals surface area contributed by atoms with Gasteiger partial charge >= 0.3 is 11.9 Å². The van der Waals surface area contributed by atoms with Crippen LogP contribution in [-0.4, -0.2) is 44.7 Å². The Bertz CT molecular complexity index is 937. The molecule has 0 heterocycles. The van der Waals surface area contributed by atoms with Crippen LogP contribution < -0.4 is 9.04 Å². The third kappa shape index (κ3) is 3.41. The summed E-state index contributed by atoms with van der Waals surface area (Å²) in [6.45, 7) is 0. The van der Waals surface area contributed by atoms with Crippen LogP contribution in [0.5, 0.6) is 5.75 Å². The summed E-state index contributed by atoms with van der Waals surface area (Å²) in [7, 11) is -1.71. The van der Waals surface area contributed by atoms with E-state index in [1.165, 1.54) is 50.6 Å². The van der Waals surface area contributed by atoms with Crippen molar-refractivity contribution in [3.05, 3.63) is 53.6 Å². The number of anilines is 1. The molecule has 132 valence electrons. The molecule has 2 N–H and O–H groups in total. The number of para-hydroxylation sites is 1. The van der Waals surface area contributed by atoms with E-state index in [0.717, 1.165) is 10.4 Å². The number of sulfonamides is 1. The van der Waals surface area contributed by atoms with Gasteiger partial charge in [0.25, 0.3) is 10.0 Å². The number of carboxylic acid groups (broad SMARTS) is 2. The van der Waals surface area contributed by atoms with Gasteiger partial charge in [-0.1, -0.05) is 12.1 Å². The number of carbonyl (C=O) groups is 2. The minimum absolute atomic E-state index is 0.0139. The SMILES string of the molecule is COc1ccc(S(=O)(=O)N(C)c2ccccc2C(=O)O)cc1C(=O)O. The van der Waals surface area contributed by atoms with E-state index in [1.54, 1.807) is 0 Å². The van der Waals surface area contributed by atoms with Crippen molar-refractivity contribution in [1.82, 2.24) is 0 Å². The summed E-state index contributed by atoms with van der Waals surface area (Å²) in [5.41, 5.74) is -0.549. The van der Waals surface area contributed by atoms with Crippen molar-refractivity contribution >= 4 is 27.6 Å². The number of benzene rings is 2. The molecule has 0 amide bonds. The monoisotopic (exact) mass is 365 g/mol. The molecule has 2 rings (SSSR count). The highest BCUT2D eigenvalue weighted by atomic mass is 32.2. The summed E-state index contributed by atoms with van der Waals surface area (Å²) in [6.07, 6.45) is 0. The minimum atomic E-state index is -4.18. The average Bonchev–Trinajstić information content (AvgIpc) is 2.60. The highest BCUT2D eigenvalue weighted by Gasteiger charge is 2.26. The van der Waals surface area contributed by atoms with Crippen LogP contribution in [-0.2, 0) is 10.0 Å². The number of hydrogen-bond acceptors (Lipinski definition) is 5. The Labute approximate surface area is 143 Å². The van der Waals surface area contributed by atoms with Gasteiger partial charge in [0, 0.05) is 7.05 Å². The predicted molar refractivity (Wildman–Crippen MR) is 88.9 cm³/mol. The number of ether oxygens (including phenoxy) is 1. The predicted octanol–water partition coefficient (Wildman–Crippen LogP) is 1.92. The fourth-order valence-corrected chi connectivity index (χ4v) is 3.47. The minimum Gasteiger partial charge on any atom is -0.496 e. The van der Waals surface area contributed by atoms with E-state index < -0.39 is 22.0 Å². The van der Waals surface area contributed by atoms with Gasteiger partial charge < -0.3 is 14.9 Å². The van der Waals surface area contributed by atoms with Crippen molar-refractivity contribution in [2.75, 3.05) is 18.5 Å². The quantitative estimate of drug-likeness (QED) is 0.802. The van der Waals surface area contributed by atoms with E-state index >= 15 is 0 Å². The molecule has 0 aliphatic rings. The van der Waals surface area contributed by atoms with Gasteiger partial charge in [0.05, 0.1) is 23.3 Å². The van der Waals surface area contributed by atoms with Crippen molar-refractivity contribution in [2.45, 2.75) is 4.90 Å². The first-order chi connectivity index (χ1) is 11.7. The third-order valence-electron chi connectivity index (χ3n) is 3.53. The Kier molecular flexibility index (Phi) is 4.98. The molecule has 0 aliphatic heterocycles. The number of carboxylic acids is 2. The Hall–Kier alpha value is -3.07. The molecular weight excluding hydrogens is 350 g/mol. The second kappa shape index (κ2) is 6.81. The maximum atomic E-state index is 12.8. The zero-order valence-electron chi connectivity index (χ0n) is 13.3. The zero-order valence-corrected chi connectivity index (χ0v) is 14.1. The van der Waals surface area contributed by atoms with Crippen molar-refractivity contribution in [1.29, 1.82) is 0 Å². The molecule has 0 fully saturated rings. The van der Waals surface area contributed by atoms with E-state index in [9.17, 15) is 28.2 Å². The lowest BCUT2D eigenvalue weighted by Crippen LogP contribution is -2.28. The van der Waals surface area contributed by atoms with Crippen LogP contribution in [0.15, 0.2) is 47.4 Å². The van der Waals surface area contributed by atoms with E-state index in [2.05, 4.69) is 0 Å². The van der Waals surface area contributed by atoms with Crippen LogP contribution in [0.25, 0.3) is 0 Å². The van der Waals surface area contributed by atoms with Crippen LogP contribution in [0.4, 0.5) is 5.69 Å². The second-order valence-electron chi connectivity index (χ2n) is 4.96. The molecule has 0 saturated carbocycles. The Morgan fingerprint density at radius 3 is 2.16 bits per heavy atom. The summed E-state index contributed by atoms with van der Waals surface area (Å²) in [6, 6.07) is 9.00. The normalized spacial score (nSPS) is 11.0. The van der Waals surface area contributed by atoms with Gasteiger partial charge in [0.15, 0.2) is 0 Å². The Balaban J connectivity index is 2.58. The second-order valence-corrected chi connectivity index (χ2v) is 6.93. The number of rotatable bonds is 6. The van der Waals surface area contributed by atoms with Gasteiger partial charge in [-0.25, -0.2) is 18.0 Å². The maximum absolute atomic E-state index is 12.8. The Morgan fingerprint density at radius 2 is 1.60 bits per heavy atom. The smallest absolute Gasteiger partial charge is 0.339 e. The molecular formula is C16H15NO7S. The van der Waals surface area contributed by atoms with E-state index in [4.69, 9.17) is 4.74 Å². The molecule has 2 aromatic carbocycles. The molecule has 0 spiro atoms. The van der Waals surface area contributed by atoms with Crippen LogP contribution in [0.3, 0.4) is 0 Å². The summed E-state index contributed by atoms with van der Waals surface area (Å²) in [4.78, 5) is 22.3. The fraction of sp³-hybridized carbons (Fsp3) is 0.125. The number of aromatic carboxylic acids is 2. The molecule has 9 heteroatoms. The van der Waals surface area contributed by atoms with E-state index in [0.29, 0.717) is 0 Å². The van der Waals surface area contributed by atoms with Gasteiger partial charge in [-0.15, -0.1) is 0 Å². The molecule has 0 radical (unpaired) electrons. The van der Waals surface area contributed by atoms with Crippen LogP contribution in [0.2, 0.25) is 0 Å². The Morgan fingerprint density at radius 1 is 1.00 bits per heavy atom. The van der Waals surface area contributed by atoms with Crippen LogP contribution >= 0.6 is 0 Å². The van der Waals surface area contributed by atoms with Gasteiger partial charge in [-0.2, -0.15) is 0 Å². The first-order valence-corrected chi connectivity index (χ1v) is 8.36. The van der Waals surface area contributed by atoms with Crippen molar-refractivity contribution < 1.29 is 33.0 Å². The first kappa shape index (κ1) is 18.3. The van der Waals surface area contributed by atoms with Crippen molar-refractivity contribution in [3.63, 3.8) is 0 Å². The molecule has 0 bridgehead atoms. The molecule has 2 aromatic rings. The van der Waals surface area contributed by atoms with Gasteiger partial charge in [-0.05, 0) is 30.3 Å². The lowest BCUT2D eigenvalue weighted by atomic mass is 10.2. The summed E-state index contributed by atoms with van der Waals surface area (Å²) < 4.78 is 31.3. The van der Waals surface area contributed by atoms with E-state index in [1.807, 2.05) is 0 Å². The number of methoxy groups -OCH3 is 1. The molecule has 8 nitrogen and oxygen atoms in total. The van der Waals surface area contributed by atoms with Gasteiger partial charge in [0.1, 0.15) is 11.3 Å². The van der Waals surface area contributed by atoms with E-state index in [-0.39, 0.29) is 27.5 Å². The summed E-state index contributed by atoms with van der Waals surface area (Å²) in [5, 5.41) is 18.4. The van der Waals surface area contributed by atoms with Crippen molar-refractivity contribution in [3.8, 4) is 5.75 Å². The molecule has 0 aromatic heterocycles. The van der Waals surface area contributed by atoms with Crippen LogP contribution in [0, 0.1) is 0 Å². The van der Waals surface area contributed by atoms with Gasteiger partial charge in [-0.3, -0.25) is 4.31 Å². The molecule has 0 saturated heterocycles. The molecule has 25 heavy (non-hydrogen) atoms. The number of hydrogen-bond donors (Lipinski definition) is 2.